The lowest BCUT2D eigenvalue weighted by Crippen LogP contribution is -2.45. The second-order valence-electron chi connectivity index (χ2n) is 7.57. The van der Waals surface area contributed by atoms with Gasteiger partial charge in [-0.3, -0.25) is 0 Å². The molecule has 4 rings (SSSR count). The van der Waals surface area contributed by atoms with Gasteiger partial charge in [0.05, 0.1) is 29.7 Å². The van der Waals surface area contributed by atoms with Gasteiger partial charge in [-0.1, -0.05) is 6.07 Å². The van der Waals surface area contributed by atoms with Crippen LogP contribution >= 0.6 is 0 Å². The maximum Gasteiger partial charge on any atom is 0.404 e. The minimum Gasteiger partial charge on any atom is -0.465 e. The number of benzene rings is 1. The Morgan fingerprint density at radius 3 is 2.69 bits per heavy atom. The first-order chi connectivity index (χ1) is 15.4. The van der Waals surface area contributed by atoms with Crippen LogP contribution in [0.15, 0.2) is 42.7 Å². The molecule has 2 heterocycles. The lowest BCUT2D eigenvalue weighted by atomic mass is 10.0. The van der Waals surface area contributed by atoms with E-state index in [9.17, 15) is 14.4 Å². The Balaban J connectivity index is 1.61. The number of pyridine rings is 1. The number of amides is 1. The number of carboxylic acid groups (broad SMARTS) is 1. The number of nitriles is 1. The van der Waals surface area contributed by atoms with Crippen LogP contribution < -0.4 is 16.0 Å². The Morgan fingerprint density at radius 1 is 1.28 bits per heavy atom. The normalized spacial score (nSPS) is 14.8. The van der Waals surface area contributed by atoms with Gasteiger partial charge < -0.3 is 21.1 Å². The molecule has 0 unspecified atom stereocenters. The van der Waals surface area contributed by atoms with Crippen LogP contribution in [0.2, 0.25) is 0 Å². The molecule has 1 fully saturated rings. The second kappa shape index (κ2) is 8.89. The topological polar surface area (TPSA) is 141 Å². The van der Waals surface area contributed by atoms with E-state index in [4.69, 9.17) is 5.11 Å². The number of carbonyl (C=O) groups is 1. The highest BCUT2D eigenvalue weighted by Gasteiger charge is 2.36. The molecule has 164 valence electrons. The predicted octanol–water partition coefficient (Wildman–Crippen LogP) is 3.26. The molecule has 1 aliphatic rings. The molecule has 0 bridgehead atoms. The Labute approximate surface area is 183 Å². The summed E-state index contributed by atoms with van der Waals surface area (Å²) in [5.74, 6) is -0.346. The summed E-state index contributed by atoms with van der Waals surface area (Å²) >= 11 is 0. The van der Waals surface area contributed by atoms with Crippen LogP contribution in [-0.4, -0.2) is 43.3 Å². The van der Waals surface area contributed by atoms with E-state index in [1.165, 1.54) is 4.80 Å². The number of rotatable bonds is 8. The van der Waals surface area contributed by atoms with Crippen molar-refractivity contribution in [3.05, 3.63) is 54.1 Å². The zero-order valence-electron chi connectivity index (χ0n) is 17.2. The molecule has 0 saturated heterocycles. The molecule has 3 aromatic rings. The zero-order chi connectivity index (χ0) is 22.7. The summed E-state index contributed by atoms with van der Waals surface area (Å²) in [4.78, 5) is 16.8. The van der Waals surface area contributed by atoms with Gasteiger partial charge in [-0.25, -0.2) is 14.2 Å². The van der Waals surface area contributed by atoms with Crippen molar-refractivity contribution in [1.29, 1.82) is 5.26 Å². The van der Waals surface area contributed by atoms with Crippen molar-refractivity contribution < 1.29 is 14.3 Å². The van der Waals surface area contributed by atoms with Crippen LogP contribution in [0.5, 0.6) is 0 Å². The van der Waals surface area contributed by atoms with Gasteiger partial charge in [0.2, 0.25) is 0 Å². The largest absolute Gasteiger partial charge is 0.465 e. The monoisotopic (exact) mass is 436 g/mol. The maximum atomic E-state index is 14.7. The third-order valence-corrected chi connectivity index (χ3v) is 5.18. The number of halogens is 1. The van der Waals surface area contributed by atoms with Crippen LogP contribution in [-0.2, 0) is 0 Å². The van der Waals surface area contributed by atoms with Crippen molar-refractivity contribution in [1.82, 2.24) is 25.3 Å². The van der Waals surface area contributed by atoms with Crippen LogP contribution in [0, 0.1) is 23.1 Å². The van der Waals surface area contributed by atoms with Crippen molar-refractivity contribution >= 4 is 23.4 Å². The fourth-order valence-electron chi connectivity index (χ4n) is 3.51. The highest BCUT2D eigenvalue weighted by molar-refractivity contribution is 5.67. The highest BCUT2D eigenvalue weighted by atomic mass is 19.1. The molecule has 0 radical (unpaired) electrons. The number of nitrogens with zero attached hydrogens (tertiary/aromatic N) is 5. The summed E-state index contributed by atoms with van der Waals surface area (Å²) in [6.45, 7) is 1.72. The molecular formula is C21H21FN8O2. The molecule has 1 amide bonds. The lowest BCUT2D eigenvalue weighted by molar-refractivity contribution is 0.188. The van der Waals surface area contributed by atoms with Crippen LogP contribution in [0.1, 0.15) is 25.3 Å². The van der Waals surface area contributed by atoms with Crippen LogP contribution in [0.3, 0.4) is 0 Å². The standard InChI is InChI=1S/C21H21FN8O2/c1-12(26-21(31)32)18(13-5-6-13)28-20-17(22)9-14(11-23)19(29-20)27-15-3-2-4-16(10-15)30-24-7-8-25-30/h2-4,7-10,12-13,18,26H,5-6H2,1H3,(H,31,32)(H2,27,28,29)/t12-,18+/m0/s1. The highest BCUT2D eigenvalue weighted by Crippen LogP contribution is 2.36. The van der Waals surface area contributed by atoms with Crippen molar-refractivity contribution in [2.24, 2.45) is 5.92 Å². The van der Waals surface area contributed by atoms with Gasteiger partial charge >= 0.3 is 6.09 Å². The first kappa shape index (κ1) is 21.0. The lowest BCUT2D eigenvalue weighted by Gasteiger charge is -2.26. The molecule has 10 nitrogen and oxygen atoms in total. The molecule has 1 saturated carbocycles. The SMILES string of the molecule is C[C@H](NC(=O)O)[C@@H](Nc1nc(Nc2cccc(-n3nccn3)c2)c(C#N)cc1F)C1CC1. The molecule has 4 N–H and O–H groups in total. The summed E-state index contributed by atoms with van der Waals surface area (Å²) in [7, 11) is 0. The minimum atomic E-state index is -1.15. The Kier molecular flexibility index (Phi) is 5.85. The Hall–Kier alpha value is -4.20. The third kappa shape index (κ3) is 4.75. The van der Waals surface area contributed by atoms with Crippen molar-refractivity contribution in [3.63, 3.8) is 0 Å². The molecule has 1 aliphatic carbocycles. The molecule has 32 heavy (non-hydrogen) atoms. The van der Waals surface area contributed by atoms with E-state index < -0.39 is 18.0 Å². The predicted molar refractivity (Wildman–Crippen MR) is 114 cm³/mol. The first-order valence-electron chi connectivity index (χ1n) is 10.0. The van der Waals surface area contributed by atoms with Gasteiger partial charge in [0.25, 0.3) is 0 Å². The Morgan fingerprint density at radius 2 is 2.03 bits per heavy atom. The number of aromatic nitrogens is 4. The molecule has 0 spiro atoms. The van der Waals surface area contributed by atoms with Crippen molar-refractivity contribution in [2.45, 2.75) is 31.8 Å². The van der Waals surface area contributed by atoms with E-state index in [0.29, 0.717) is 11.4 Å². The summed E-state index contributed by atoms with van der Waals surface area (Å²) in [5, 5.41) is 35.2. The number of nitrogens with one attached hydrogen (secondary N) is 3. The average molecular weight is 436 g/mol. The third-order valence-electron chi connectivity index (χ3n) is 5.18. The van der Waals surface area contributed by atoms with Gasteiger partial charge in [0.1, 0.15) is 6.07 Å². The fraction of sp³-hybridized carbons (Fsp3) is 0.286. The summed E-state index contributed by atoms with van der Waals surface area (Å²) in [6, 6.07) is 9.43. The van der Waals surface area contributed by atoms with Gasteiger partial charge in [0, 0.05) is 11.7 Å². The van der Waals surface area contributed by atoms with Gasteiger partial charge in [0.15, 0.2) is 17.5 Å². The first-order valence-corrected chi connectivity index (χ1v) is 10.0. The van der Waals surface area contributed by atoms with E-state index in [0.717, 1.165) is 18.9 Å². The second-order valence-corrected chi connectivity index (χ2v) is 7.57. The summed E-state index contributed by atoms with van der Waals surface area (Å²) in [5.41, 5.74) is 1.35. The molecule has 2 atom stereocenters. The molecular weight excluding hydrogens is 415 g/mol. The van der Waals surface area contributed by atoms with Crippen molar-refractivity contribution in [3.8, 4) is 11.8 Å². The van der Waals surface area contributed by atoms with E-state index in [-0.39, 0.29) is 29.2 Å². The number of hydrogen-bond donors (Lipinski definition) is 4. The number of anilines is 3. The van der Waals surface area contributed by atoms with E-state index in [1.54, 1.807) is 37.5 Å². The van der Waals surface area contributed by atoms with Gasteiger partial charge in [-0.15, -0.1) is 0 Å². The number of hydrogen-bond acceptors (Lipinski definition) is 7. The van der Waals surface area contributed by atoms with E-state index >= 15 is 0 Å². The Bertz CT molecular complexity index is 1160. The molecule has 1 aromatic carbocycles. The molecule has 11 heteroatoms. The van der Waals surface area contributed by atoms with Crippen LogP contribution in [0.4, 0.5) is 26.5 Å². The quantitative estimate of drug-likeness (QED) is 0.422. The van der Waals surface area contributed by atoms with Gasteiger partial charge in [-0.05, 0) is 49.9 Å². The zero-order valence-corrected chi connectivity index (χ0v) is 17.2. The summed E-state index contributed by atoms with van der Waals surface area (Å²) in [6.07, 6.45) is 3.81. The maximum absolute atomic E-state index is 14.7. The molecule has 2 aromatic heterocycles. The van der Waals surface area contributed by atoms with E-state index in [2.05, 4.69) is 31.1 Å². The fourth-order valence-corrected chi connectivity index (χ4v) is 3.51. The molecule has 0 aliphatic heterocycles. The van der Waals surface area contributed by atoms with Crippen molar-refractivity contribution in [2.75, 3.05) is 10.6 Å². The van der Waals surface area contributed by atoms with E-state index in [1.807, 2.05) is 12.1 Å². The van der Waals surface area contributed by atoms with Gasteiger partial charge in [-0.2, -0.15) is 20.3 Å². The smallest absolute Gasteiger partial charge is 0.404 e. The minimum absolute atomic E-state index is 0.0374. The summed E-state index contributed by atoms with van der Waals surface area (Å²) < 4.78 is 14.7. The van der Waals surface area contributed by atoms with Crippen LogP contribution in [0.25, 0.3) is 5.69 Å². The average Bonchev–Trinajstić information content (AvgIpc) is 3.45.